The van der Waals surface area contributed by atoms with E-state index in [9.17, 15) is 18.7 Å². The highest BCUT2D eigenvalue weighted by Gasteiger charge is 2.18. The Morgan fingerprint density at radius 3 is 2.47 bits per heavy atom. The van der Waals surface area contributed by atoms with Crippen LogP contribution in [0.2, 0.25) is 0 Å². The number of hydrogen-bond donors (Lipinski definition) is 1. The molecule has 0 atom stereocenters. The molecule has 0 radical (unpaired) electrons. The third-order valence-corrected chi connectivity index (χ3v) is 5.53. The smallest absolute Gasteiger partial charge is 0.338 e. The van der Waals surface area contributed by atoms with Crippen LogP contribution in [0.15, 0.2) is 77.3 Å². The minimum absolute atomic E-state index is 0.244. The Bertz CT molecular complexity index is 1300. The summed E-state index contributed by atoms with van der Waals surface area (Å²) in [6.45, 7) is 2.12. The molecule has 0 unspecified atom stereocenters. The van der Waals surface area contributed by atoms with Gasteiger partial charge in [-0.1, -0.05) is 28.1 Å². The highest BCUT2D eigenvalue weighted by atomic mass is 79.9. The maximum atomic E-state index is 13.9. The number of nitrogens with zero attached hydrogens (tertiary/aromatic N) is 1. The van der Waals surface area contributed by atoms with Crippen molar-refractivity contribution in [1.29, 1.82) is 0 Å². The number of hydrogen-bond acceptors (Lipinski definition) is 2. The zero-order chi connectivity index (χ0) is 22.8. The Morgan fingerprint density at radius 1 is 1.00 bits per heavy atom. The van der Waals surface area contributed by atoms with E-state index in [1.807, 2.05) is 41.8 Å². The van der Waals surface area contributed by atoms with Crippen LogP contribution in [-0.2, 0) is 6.61 Å². The van der Waals surface area contributed by atoms with E-state index in [2.05, 4.69) is 15.9 Å². The van der Waals surface area contributed by atoms with Gasteiger partial charge in [0.1, 0.15) is 24.0 Å². The Kier molecular flexibility index (Phi) is 6.10. The van der Waals surface area contributed by atoms with Gasteiger partial charge in [0.05, 0.1) is 11.3 Å². The van der Waals surface area contributed by atoms with Crippen LogP contribution in [0.4, 0.5) is 8.78 Å². The highest BCUT2D eigenvalue weighted by molar-refractivity contribution is 9.10. The second-order valence-corrected chi connectivity index (χ2v) is 8.14. The Labute approximate surface area is 191 Å². The second-order valence-electron chi connectivity index (χ2n) is 7.22. The fraction of sp³-hybridized carbons (Fsp3) is 0.0800. The SMILES string of the molecule is Cc1ccc(-c2cc(Br)ccc2OCc2ccc(F)cc2)n1-c1ccc(F)c(C(=O)O)c1. The van der Waals surface area contributed by atoms with Gasteiger partial charge < -0.3 is 14.4 Å². The molecule has 0 bridgehead atoms. The zero-order valence-electron chi connectivity index (χ0n) is 17.0. The minimum atomic E-state index is -1.33. The van der Waals surface area contributed by atoms with Crippen LogP contribution in [0.1, 0.15) is 21.6 Å². The van der Waals surface area contributed by atoms with Gasteiger partial charge in [-0.3, -0.25) is 0 Å². The normalized spacial score (nSPS) is 10.9. The molecule has 0 aliphatic rings. The first-order valence-electron chi connectivity index (χ1n) is 9.72. The van der Waals surface area contributed by atoms with Gasteiger partial charge in [-0.05, 0) is 73.2 Å². The van der Waals surface area contributed by atoms with Gasteiger partial charge in [0, 0.05) is 21.4 Å². The molecule has 7 heteroatoms. The van der Waals surface area contributed by atoms with Gasteiger partial charge in [-0.15, -0.1) is 0 Å². The zero-order valence-corrected chi connectivity index (χ0v) is 18.6. The standard InChI is InChI=1S/C25H18BrF2NO3/c1-15-2-10-23(29(15)19-8-9-22(28)20(13-19)25(30)31)21-12-17(26)5-11-24(21)32-14-16-3-6-18(27)7-4-16/h2-13H,14H2,1H3,(H,30,31). The first-order chi connectivity index (χ1) is 15.3. The van der Waals surface area contributed by atoms with E-state index in [1.165, 1.54) is 24.3 Å². The Morgan fingerprint density at radius 2 is 1.75 bits per heavy atom. The molecule has 0 aliphatic heterocycles. The quantitative estimate of drug-likeness (QED) is 0.319. The molecule has 0 aliphatic carbocycles. The van der Waals surface area contributed by atoms with E-state index < -0.39 is 17.3 Å². The number of carboxylic acid groups (broad SMARTS) is 1. The average molecular weight is 498 g/mol. The Hall–Kier alpha value is -3.45. The van der Waals surface area contributed by atoms with Crippen molar-refractivity contribution in [2.45, 2.75) is 13.5 Å². The van der Waals surface area contributed by atoms with Crippen LogP contribution < -0.4 is 4.74 Å². The number of aromatic carboxylic acids is 1. The molecule has 1 heterocycles. The summed E-state index contributed by atoms with van der Waals surface area (Å²) in [6, 6.07) is 19.4. The molecule has 162 valence electrons. The number of rotatable bonds is 6. The maximum absolute atomic E-state index is 13.9. The summed E-state index contributed by atoms with van der Waals surface area (Å²) < 4.78 is 35.9. The third-order valence-electron chi connectivity index (χ3n) is 5.04. The van der Waals surface area contributed by atoms with Crippen LogP contribution in [0.25, 0.3) is 16.9 Å². The molecule has 0 spiro atoms. The first-order valence-corrected chi connectivity index (χ1v) is 10.5. The number of benzene rings is 3. The molecule has 0 fully saturated rings. The number of aromatic nitrogens is 1. The first kappa shape index (κ1) is 21.8. The second kappa shape index (κ2) is 8.96. The lowest BCUT2D eigenvalue weighted by molar-refractivity contribution is 0.0692. The molecule has 1 aromatic heterocycles. The summed E-state index contributed by atoms with van der Waals surface area (Å²) in [4.78, 5) is 11.4. The van der Waals surface area contributed by atoms with E-state index in [4.69, 9.17) is 4.74 Å². The van der Waals surface area contributed by atoms with Gasteiger partial charge in [-0.2, -0.15) is 0 Å². The van der Waals surface area contributed by atoms with E-state index in [0.29, 0.717) is 11.4 Å². The molecule has 1 N–H and O–H groups in total. The van der Waals surface area contributed by atoms with Crippen molar-refractivity contribution in [1.82, 2.24) is 4.57 Å². The fourth-order valence-corrected chi connectivity index (χ4v) is 3.84. The molecule has 0 saturated carbocycles. The summed E-state index contributed by atoms with van der Waals surface area (Å²) in [5.41, 5.74) is 3.29. The van der Waals surface area contributed by atoms with Crippen molar-refractivity contribution < 1.29 is 23.4 Å². The van der Waals surface area contributed by atoms with E-state index in [-0.39, 0.29) is 12.4 Å². The molecule has 32 heavy (non-hydrogen) atoms. The lowest BCUT2D eigenvalue weighted by Crippen LogP contribution is -2.06. The molecular weight excluding hydrogens is 480 g/mol. The molecule has 0 amide bonds. The summed E-state index contributed by atoms with van der Waals surface area (Å²) >= 11 is 3.49. The van der Waals surface area contributed by atoms with Crippen molar-refractivity contribution in [2.24, 2.45) is 0 Å². The van der Waals surface area contributed by atoms with Crippen molar-refractivity contribution in [2.75, 3.05) is 0 Å². The van der Waals surface area contributed by atoms with Crippen LogP contribution in [0.5, 0.6) is 5.75 Å². The van der Waals surface area contributed by atoms with E-state index in [0.717, 1.165) is 33.1 Å². The summed E-state index contributed by atoms with van der Waals surface area (Å²) in [5, 5.41) is 9.32. The van der Waals surface area contributed by atoms with Gasteiger partial charge in [0.25, 0.3) is 0 Å². The number of aryl methyl sites for hydroxylation is 1. The summed E-state index contributed by atoms with van der Waals surface area (Å²) in [7, 11) is 0. The molecule has 3 aromatic carbocycles. The lowest BCUT2D eigenvalue weighted by atomic mass is 10.1. The van der Waals surface area contributed by atoms with Gasteiger partial charge in [0.15, 0.2) is 0 Å². The minimum Gasteiger partial charge on any atom is -0.488 e. The van der Waals surface area contributed by atoms with Crippen LogP contribution >= 0.6 is 15.9 Å². The highest BCUT2D eigenvalue weighted by Crippen LogP contribution is 2.36. The average Bonchev–Trinajstić information content (AvgIpc) is 3.15. The number of ether oxygens (including phenoxy) is 1. The number of halogens is 3. The third kappa shape index (κ3) is 4.43. The van der Waals surface area contributed by atoms with Gasteiger partial charge in [-0.25, -0.2) is 13.6 Å². The van der Waals surface area contributed by atoms with E-state index >= 15 is 0 Å². The molecule has 4 rings (SSSR count). The van der Waals surface area contributed by atoms with Crippen molar-refractivity contribution in [3.63, 3.8) is 0 Å². The van der Waals surface area contributed by atoms with E-state index in [1.54, 1.807) is 12.1 Å². The largest absolute Gasteiger partial charge is 0.488 e. The topological polar surface area (TPSA) is 51.5 Å². The predicted molar refractivity (Wildman–Crippen MR) is 121 cm³/mol. The monoisotopic (exact) mass is 497 g/mol. The fourth-order valence-electron chi connectivity index (χ4n) is 3.48. The van der Waals surface area contributed by atoms with Crippen LogP contribution in [0, 0.1) is 18.6 Å². The van der Waals surface area contributed by atoms with Gasteiger partial charge >= 0.3 is 5.97 Å². The molecule has 4 nitrogen and oxygen atoms in total. The molecule has 4 aromatic rings. The van der Waals surface area contributed by atoms with Crippen molar-refractivity contribution in [3.8, 4) is 22.7 Å². The molecular formula is C25H18BrF2NO3. The van der Waals surface area contributed by atoms with Crippen molar-refractivity contribution >= 4 is 21.9 Å². The number of carbonyl (C=O) groups is 1. The number of carboxylic acids is 1. The van der Waals surface area contributed by atoms with Crippen LogP contribution in [-0.4, -0.2) is 15.6 Å². The summed E-state index contributed by atoms with van der Waals surface area (Å²) in [5.74, 6) is -1.84. The summed E-state index contributed by atoms with van der Waals surface area (Å²) in [6.07, 6.45) is 0. The Balaban J connectivity index is 1.77. The van der Waals surface area contributed by atoms with Crippen molar-refractivity contribution in [3.05, 3.63) is 106 Å². The van der Waals surface area contributed by atoms with Crippen LogP contribution in [0.3, 0.4) is 0 Å². The molecule has 0 saturated heterocycles. The maximum Gasteiger partial charge on any atom is 0.338 e. The predicted octanol–water partition coefficient (Wildman–Crippen LogP) is 6.77. The van der Waals surface area contributed by atoms with Gasteiger partial charge in [0.2, 0.25) is 0 Å². The lowest BCUT2D eigenvalue weighted by Gasteiger charge is -2.17.